The van der Waals surface area contributed by atoms with Gasteiger partial charge in [-0.25, -0.2) is 4.79 Å². The number of rotatable bonds is 7. The summed E-state index contributed by atoms with van der Waals surface area (Å²) in [6.45, 7) is 10.8. The van der Waals surface area contributed by atoms with Gasteiger partial charge in [0.25, 0.3) is 0 Å². The molecule has 1 aromatic carbocycles. The molecule has 2 aromatic rings. The third-order valence-corrected chi connectivity index (χ3v) is 8.47. The normalized spacial score (nSPS) is 18.4. The molecule has 2 aliphatic rings. The van der Waals surface area contributed by atoms with Crippen LogP contribution in [0.3, 0.4) is 0 Å². The number of likely N-dealkylation sites (tertiary alicyclic amines) is 2. The van der Waals surface area contributed by atoms with Crippen LogP contribution in [0, 0.1) is 13.8 Å². The second-order valence-corrected chi connectivity index (χ2v) is 11.0. The van der Waals surface area contributed by atoms with Crippen LogP contribution in [0.15, 0.2) is 59.5 Å². The Hall–Kier alpha value is -2.86. The van der Waals surface area contributed by atoms with E-state index < -0.39 is 0 Å². The van der Waals surface area contributed by atoms with Crippen LogP contribution in [-0.2, 0) is 10.2 Å². The first-order valence-electron chi connectivity index (χ1n) is 14.1. The van der Waals surface area contributed by atoms with Gasteiger partial charge in [-0.15, -0.1) is 0 Å². The Morgan fingerprint density at radius 3 is 2.35 bits per heavy atom. The molecule has 0 unspecified atom stereocenters. The summed E-state index contributed by atoms with van der Waals surface area (Å²) in [5.41, 5.74) is 3.55. The van der Waals surface area contributed by atoms with Crippen LogP contribution in [0.1, 0.15) is 74.7 Å². The van der Waals surface area contributed by atoms with Crippen LogP contribution in [0.4, 0.5) is 0 Å². The number of hydrogen-bond donors (Lipinski definition) is 1. The van der Waals surface area contributed by atoms with E-state index in [9.17, 15) is 9.59 Å². The predicted octanol–water partition coefficient (Wildman–Crippen LogP) is 5.31. The first kappa shape index (κ1) is 27.2. The highest BCUT2D eigenvalue weighted by atomic mass is 16.2. The molecule has 0 bridgehead atoms. The van der Waals surface area contributed by atoms with Gasteiger partial charge in [-0.1, -0.05) is 43.3 Å². The minimum Gasteiger partial charge on any atom is -0.343 e. The number of carbonyl (C=O) groups excluding carboxylic acids is 1. The summed E-state index contributed by atoms with van der Waals surface area (Å²) in [7, 11) is 0. The summed E-state index contributed by atoms with van der Waals surface area (Å²) < 4.78 is 1.90. The van der Waals surface area contributed by atoms with E-state index in [0.717, 1.165) is 82.5 Å². The lowest BCUT2D eigenvalue weighted by atomic mass is 9.69. The molecular formula is C31H44N4O2. The van der Waals surface area contributed by atoms with E-state index in [1.807, 2.05) is 42.8 Å². The number of aryl methyl sites for hydroxylation is 2. The molecule has 0 saturated carbocycles. The maximum absolute atomic E-state index is 12.9. The lowest BCUT2D eigenvalue weighted by molar-refractivity contribution is -0.132. The van der Waals surface area contributed by atoms with Gasteiger partial charge in [0.15, 0.2) is 0 Å². The summed E-state index contributed by atoms with van der Waals surface area (Å²) in [6.07, 6.45) is 8.91. The van der Waals surface area contributed by atoms with Crippen molar-refractivity contribution < 1.29 is 4.79 Å². The van der Waals surface area contributed by atoms with Crippen LogP contribution >= 0.6 is 0 Å². The molecule has 4 rings (SSSR count). The average Bonchev–Trinajstić information content (AvgIpc) is 2.98. The van der Waals surface area contributed by atoms with Gasteiger partial charge in [0, 0.05) is 50.5 Å². The number of aromatic amines is 1. The van der Waals surface area contributed by atoms with Gasteiger partial charge in [-0.2, -0.15) is 0 Å². The van der Waals surface area contributed by atoms with Crippen molar-refractivity contribution in [1.82, 2.24) is 19.4 Å². The summed E-state index contributed by atoms with van der Waals surface area (Å²) in [6, 6.07) is 17.2. The van der Waals surface area contributed by atoms with Crippen LogP contribution in [0.5, 0.6) is 0 Å². The summed E-state index contributed by atoms with van der Waals surface area (Å²) in [5, 5.41) is 0. The second-order valence-electron chi connectivity index (χ2n) is 11.0. The van der Waals surface area contributed by atoms with Crippen molar-refractivity contribution >= 4 is 5.91 Å². The van der Waals surface area contributed by atoms with Crippen molar-refractivity contribution in [3.63, 3.8) is 0 Å². The minimum atomic E-state index is -0.0377. The van der Waals surface area contributed by atoms with Crippen LogP contribution < -0.4 is 5.69 Å². The number of benzene rings is 1. The lowest BCUT2D eigenvalue weighted by Crippen LogP contribution is -2.45. The predicted molar refractivity (Wildman–Crippen MR) is 150 cm³/mol. The van der Waals surface area contributed by atoms with Crippen molar-refractivity contribution in [3.05, 3.63) is 82.0 Å². The first-order valence-corrected chi connectivity index (χ1v) is 14.1. The molecule has 3 heterocycles. The quantitative estimate of drug-likeness (QED) is 0.556. The number of H-pyrrole nitrogens is 1. The molecule has 2 fully saturated rings. The Balaban J connectivity index is 1.36. The van der Waals surface area contributed by atoms with E-state index >= 15 is 0 Å². The second kappa shape index (κ2) is 12.6. The molecular weight excluding hydrogens is 460 g/mol. The van der Waals surface area contributed by atoms with E-state index in [-0.39, 0.29) is 23.1 Å². The zero-order valence-corrected chi connectivity index (χ0v) is 22.9. The van der Waals surface area contributed by atoms with E-state index in [4.69, 9.17) is 0 Å². The largest absolute Gasteiger partial charge is 0.343 e. The average molecular weight is 505 g/mol. The third-order valence-electron chi connectivity index (χ3n) is 8.47. The van der Waals surface area contributed by atoms with Gasteiger partial charge in [0.05, 0.1) is 0 Å². The molecule has 2 aliphatic heterocycles. The smallest absolute Gasteiger partial charge is 0.325 e. The number of carbonyl (C=O) groups is 1. The third kappa shape index (κ3) is 6.92. The fourth-order valence-corrected chi connectivity index (χ4v) is 6.08. The zero-order valence-electron chi connectivity index (χ0n) is 22.9. The SMILES string of the molecule is CCC(=O)N1CCC(CCCN2CCC(n3ccc(C)ccc(C)[nH]c3=O)CC2)(c2ccccc2)CC1. The van der Waals surface area contributed by atoms with Crippen molar-refractivity contribution in [2.75, 3.05) is 32.7 Å². The lowest BCUT2D eigenvalue weighted by Gasteiger charge is -2.43. The fourth-order valence-electron chi connectivity index (χ4n) is 6.08. The van der Waals surface area contributed by atoms with Crippen molar-refractivity contribution in [2.45, 2.75) is 77.2 Å². The highest BCUT2D eigenvalue weighted by Gasteiger charge is 2.36. The van der Waals surface area contributed by atoms with E-state index in [1.54, 1.807) is 0 Å². The monoisotopic (exact) mass is 504 g/mol. The van der Waals surface area contributed by atoms with Crippen molar-refractivity contribution in [3.8, 4) is 0 Å². The molecule has 0 aliphatic carbocycles. The molecule has 1 amide bonds. The maximum atomic E-state index is 12.9. The van der Waals surface area contributed by atoms with E-state index in [1.165, 1.54) is 5.56 Å². The molecule has 2 saturated heterocycles. The molecule has 6 heteroatoms. The summed E-state index contributed by atoms with van der Waals surface area (Å²) in [4.78, 5) is 32.8. The number of aromatic nitrogens is 2. The molecule has 0 spiro atoms. The highest BCUT2D eigenvalue weighted by molar-refractivity contribution is 5.75. The zero-order chi connectivity index (χ0) is 26.3. The molecule has 200 valence electrons. The van der Waals surface area contributed by atoms with Crippen LogP contribution in [0.25, 0.3) is 0 Å². The fraction of sp³-hybridized carbons (Fsp3) is 0.548. The van der Waals surface area contributed by atoms with Crippen LogP contribution in [0.2, 0.25) is 0 Å². The van der Waals surface area contributed by atoms with Crippen molar-refractivity contribution in [1.29, 1.82) is 0 Å². The van der Waals surface area contributed by atoms with Crippen LogP contribution in [-0.4, -0.2) is 58.0 Å². The van der Waals surface area contributed by atoms with Gasteiger partial charge in [0.1, 0.15) is 0 Å². The van der Waals surface area contributed by atoms with Gasteiger partial charge in [-0.05, 0) is 87.6 Å². The molecule has 0 atom stereocenters. The number of nitrogens with one attached hydrogen (secondary N) is 1. The van der Waals surface area contributed by atoms with E-state index in [0.29, 0.717) is 6.42 Å². The molecule has 1 N–H and O–H groups in total. The number of nitrogens with zero attached hydrogens (tertiary/aromatic N) is 3. The topological polar surface area (TPSA) is 61.3 Å². The number of amides is 1. The Morgan fingerprint density at radius 2 is 1.68 bits per heavy atom. The highest BCUT2D eigenvalue weighted by Crippen LogP contribution is 2.40. The Bertz CT molecular complexity index is 1140. The first-order chi connectivity index (χ1) is 17.9. The van der Waals surface area contributed by atoms with Gasteiger partial charge in [-0.3, -0.25) is 9.36 Å². The number of hydrogen-bond acceptors (Lipinski definition) is 3. The Kier molecular flexibility index (Phi) is 9.25. The summed E-state index contributed by atoms with van der Waals surface area (Å²) >= 11 is 0. The van der Waals surface area contributed by atoms with E-state index in [2.05, 4.69) is 52.0 Å². The molecule has 37 heavy (non-hydrogen) atoms. The van der Waals surface area contributed by atoms with Gasteiger partial charge in [0.2, 0.25) is 5.91 Å². The molecule has 1 aromatic heterocycles. The standard InChI is InChI=1S/C31H44N4O2/c1-4-29(36)34-23-17-31(18-24-34,27-9-6-5-7-10-27)16-8-19-33-20-14-28(15-21-33)35-22-13-25(2)11-12-26(3)32-30(35)37/h5-7,9-13,22,28H,4,8,14-21,23-24H2,1-3H3,(H,32,37). The van der Waals surface area contributed by atoms with Gasteiger partial charge < -0.3 is 14.8 Å². The Labute approximate surface area is 222 Å². The molecule has 6 nitrogen and oxygen atoms in total. The maximum Gasteiger partial charge on any atom is 0.325 e. The van der Waals surface area contributed by atoms with Gasteiger partial charge >= 0.3 is 5.69 Å². The number of piperidine rings is 2. The minimum absolute atomic E-state index is 0.0377. The molecule has 0 radical (unpaired) electrons. The summed E-state index contributed by atoms with van der Waals surface area (Å²) in [5.74, 6) is 0.279. The van der Waals surface area contributed by atoms with Crippen molar-refractivity contribution in [2.24, 2.45) is 0 Å². The Morgan fingerprint density at radius 1 is 0.973 bits per heavy atom.